The van der Waals surface area contributed by atoms with E-state index in [2.05, 4.69) is 10.2 Å². The highest BCUT2D eigenvalue weighted by molar-refractivity contribution is 6.12. The van der Waals surface area contributed by atoms with Gasteiger partial charge in [0.2, 0.25) is 5.91 Å². The molecule has 0 aliphatic carbocycles. The highest BCUT2D eigenvalue weighted by Crippen LogP contribution is 2.30. The van der Waals surface area contributed by atoms with Crippen molar-refractivity contribution in [1.29, 1.82) is 5.53 Å². The lowest BCUT2D eigenvalue weighted by molar-refractivity contribution is -0.118. The minimum Gasteiger partial charge on any atom is -0.331 e. The van der Waals surface area contributed by atoms with Crippen LogP contribution in [0.2, 0.25) is 0 Å². The number of hydrazone groups is 1. The van der Waals surface area contributed by atoms with Gasteiger partial charge in [0, 0.05) is 40.1 Å². The Bertz CT molecular complexity index is 1240. The summed E-state index contributed by atoms with van der Waals surface area (Å²) in [5.74, 6) is 5.49. The number of amidine groups is 1. The van der Waals surface area contributed by atoms with E-state index in [0.717, 1.165) is 27.5 Å². The van der Waals surface area contributed by atoms with E-state index in [-0.39, 0.29) is 18.3 Å². The molecule has 7 nitrogen and oxygen atoms in total. The van der Waals surface area contributed by atoms with E-state index in [1.54, 1.807) is 11.9 Å². The lowest BCUT2D eigenvalue weighted by Crippen LogP contribution is -2.29. The van der Waals surface area contributed by atoms with Crippen LogP contribution in [0.15, 0.2) is 83.0 Å². The molecule has 1 heterocycles. The predicted molar refractivity (Wildman–Crippen MR) is 115 cm³/mol. The van der Waals surface area contributed by atoms with Gasteiger partial charge in [-0.05, 0) is 36.4 Å². The molecule has 0 unspecified atom stereocenters. The lowest BCUT2D eigenvalue weighted by Gasteiger charge is -2.18. The van der Waals surface area contributed by atoms with E-state index >= 15 is 0 Å². The number of anilines is 1. The van der Waals surface area contributed by atoms with Crippen LogP contribution in [0, 0.1) is 5.53 Å². The van der Waals surface area contributed by atoms with Crippen molar-refractivity contribution in [2.75, 3.05) is 11.9 Å². The van der Waals surface area contributed by atoms with E-state index in [1.165, 1.54) is 0 Å². The molecule has 0 spiro atoms. The van der Waals surface area contributed by atoms with Crippen molar-refractivity contribution in [3.8, 4) is 0 Å². The Hall–Kier alpha value is -4.00. The van der Waals surface area contributed by atoms with Crippen LogP contribution in [0.25, 0.3) is 21.8 Å². The number of rotatable bonds is 4. The molecule has 144 valence electrons. The minimum atomic E-state index is -0.0201. The highest BCUT2D eigenvalue weighted by atomic mass is 16.2. The summed E-state index contributed by atoms with van der Waals surface area (Å²) in [6, 6.07) is 23.1. The first-order chi connectivity index (χ1) is 14.1. The minimum absolute atomic E-state index is 0.0201. The average Bonchev–Trinajstić information content (AvgIpc) is 3.08. The third-order valence-electron chi connectivity index (χ3n) is 5.07. The Morgan fingerprint density at radius 2 is 1.69 bits per heavy atom. The largest absolute Gasteiger partial charge is 0.331 e. The first-order valence-electron chi connectivity index (χ1n) is 9.12. The number of para-hydroxylation sites is 2. The smallest absolute Gasteiger partial charge is 0.246 e. The normalized spacial score (nSPS) is 11.7. The topological polar surface area (TPSA) is 99.8 Å². The molecule has 0 saturated heterocycles. The second kappa shape index (κ2) is 7.55. The molecule has 1 amide bonds. The molecule has 1 aromatic heterocycles. The number of hydrogen-bond acceptors (Lipinski definition) is 4. The first-order valence-corrected chi connectivity index (χ1v) is 9.12. The summed E-state index contributed by atoms with van der Waals surface area (Å²) in [5.41, 5.74) is 10.6. The monoisotopic (exact) mass is 384 g/mol. The van der Waals surface area contributed by atoms with Crippen LogP contribution >= 0.6 is 0 Å². The number of fused-ring (bicyclic) bond motifs is 3. The number of nitrogens with one attached hydrogen (secondary N) is 1. The van der Waals surface area contributed by atoms with E-state index in [1.807, 2.05) is 77.4 Å². The molecule has 4 aromatic rings. The van der Waals surface area contributed by atoms with Gasteiger partial charge < -0.3 is 15.3 Å². The van der Waals surface area contributed by atoms with Gasteiger partial charge in [-0.1, -0.05) is 36.4 Å². The highest BCUT2D eigenvalue weighted by Gasteiger charge is 2.17. The summed E-state index contributed by atoms with van der Waals surface area (Å²) in [4.78, 5) is 14.7. The Kier molecular flexibility index (Phi) is 4.78. The molecule has 3 aromatic carbocycles. The average molecular weight is 384 g/mol. The van der Waals surface area contributed by atoms with Gasteiger partial charge in [-0.25, -0.2) is 5.53 Å². The lowest BCUT2D eigenvalue weighted by atomic mass is 10.1. The summed E-state index contributed by atoms with van der Waals surface area (Å²) in [6.45, 7) is 0.204. The fraction of sp³-hybridized carbons (Fsp3) is 0.0909. The Balaban J connectivity index is 1.81. The van der Waals surface area contributed by atoms with Crippen molar-refractivity contribution >= 4 is 39.2 Å². The van der Waals surface area contributed by atoms with Crippen molar-refractivity contribution in [2.24, 2.45) is 16.1 Å². The van der Waals surface area contributed by atoms with Crippen molar-refractivity contribution in [3.63, 3.8) is 0 Å². The molecule has 29 heavy (non-hydrogen) atoms. The number of carbonyl (C=O) groups excluding carboxylic acids is 1. The summed E-state index contributed by atoms with van der Waals surface area (Å²) >= 11 is 0. The molecule has 7 heteroatoms. The van der Waals surface area contributed by atoms with Gasteiger partial charge in [-0.2, -0.15) is 5.10 Å². The first kappa shape index (κ1) is 18.4. The molecule has 3 N–H and O–H groups in total. The second-order valence-corrected chi connectivity index (χ2v) is 6.69. The molecule has 0 saturated carbocycles. The Labute approximate surface area is 167 Å². The summed E-state index contributed by atoms with van der Waals surface area (Å²) < 4.78 is 2.01. The van der Waals surface area contributed by atoms with Crippen LogP contribution in [-0.4, -0.2) is 23.4 Å². The van der Waals surface area contributed by atoms with Crippen LogP contribution in [0.3, 0.4) is 0 Å². The Morgan fingerprint density at radius 3 is 2.41 bits per heavy atom. The molecule has 0 radical (unpaired) electrons. The van der Waals surface area contributed by atoms with Gasteiger partial charge in [0.15, 0.2) is 5.84 Å². The molecular weight excluding hydrogens is 364 g/mol. The quantitative estimate of drug-likeness (QED) is 0.182. The van der Waals surface area contributed by atoms with Crippen molar-refractivity contribution in [2.45, 2.75) is 6.54 Å². The molecule has 0 atom stereocenters. The van der Waals surface area contributed by atoms with Gasteiger partial charge in [0.25, 0.3) is 0 Å². The standard InChI is InChI=1S/C22H20N6O/c1-27(16-7-3-2-4-8-16)21(29)14-28-19-10-6-5-9-17(19)18-13-15(11-12-20(18)28)22(25-23)26-24/h2-13,23H,14,24H2,1H3. The van der Waals surface area contributed by atoms with Gasteiger partial charge in [-0.15, -0.1) is 5.11 Å². The number of likely N-dealkylation sites (N-methyl/N-ethyl adjacent to an activating group) is 1. The summed E-state index contributed by atoms with van der Waals surface area (Å²) in [7, 11) is 1.78. The van der Waals surface area contributed by atoms with Crippen molar-refractivity contribution in [1.82, 2.24) is 4.57 Å². The zero-order valence-electron chi connectivity index (χ0n) is 15.9. The fourth-order valence-corrected chi connectivity index (χ4v) is 3.57. The van der Waals surface area contributed by atoms with E-state index < -0.39 is 0 Å². The van der Waals surface area contributed by atoms with E-state index in [0.29, 0.717) is 5.56 Å². The number of carbonyl (C=O) groups is 1. The Morgan fingerprint density at radius 1 is 1.00 bits per heavy atom. The number of amides is 1. The second-order valence-electron chi connectivity index (χ2n) is 6.69. The molecule has 0 bridgehead atoms. The molecule has 4 rings (SSSR count). The van der Waals surface area contributed by atoms with Crippen LogP contribution in [0.4, 0.5) is 5.69 Å². The van der Waals surface area contributed by atoms with E-state index in [9.17, 15) is 4.79 Å². The number of nitrogens with two attached hydrogens (primary N) is 1. The van der Waals surface area contributed by atoms with Gasteiger partial charge >= 0.3 is 0 Å². The zero-order valence-corrected chi connectivity index (χ0v) is 15.9. The number of hydrogen-bond donors (Lipinski definition) is 2. The maximum absolute atomic E-state index is 13.0. The predicted octanol–water partition coefficient (Wildman–Crippen LogP) is 4.11. The third kappa shape index (κ3) is 3.23. The maximum Gasteiger partial charge on any atom is 0.246 e. The van der Waals surface area contributed by atoms with Crippen molar-refractivity contribution < 1.29 is 4.79 Å². The SMILES string of the molecule is CN(C(=O)Cn1c2ccccc2c2cc(C(N=N)=NN)ccc21)c1ccccc1. The third-order valence-corrected chi connectivity index (χ3v) is 5.07. The molecule has 0 aliphatic rings. The number of benzene rings is 3. The van der Waals surface area contributed by atoms with Crippen LogP contribution in [0.5, 0.6) is 0 Å². The molecule has 0 aliphatic heterocycles. The van der Waals surface area contributed by atoms with Crippen LogP contribution < -0.4 is 10.7 Å². The summed E-state index contributed by atoms with van der Waals surface area (Å²) in [6.07, 6.45) is 0. The molecular formula is C22H20N6O. The summed E-state index contributed by atoms with van der Waals surface area (Å²) in [5, 5.41) is 8.92. The van der Waals surface area contributed by atoms with Gasteiger partial charge in [0.05, 0.1) is 0 Å². The maximum atomic E-state index is 13.0. The van der Waals surface area contributed by atoms with Gasteiger partial charge in [-0.3, -0.25) is 4.79 Å². The number of aromatic nitrogens is 1. The van der Waals surface area contributed by atoms with Crippen molar-refractivity contribution in [3.05, 3.63) is 78.4 Å². The zero-order chi connectivity index (χ0) is 20.4. The number of nitrogens with zero attached hydrogens (tertiary/aromatic N) is 4. The van der Waals surface area contributed by atoms with Crippen LogP contribution in [0.1, 0.15) is 5.56 Å². The molecule has 0 fully saturated rings. The fourth-order valence-electron chi connectivity index (χ4n) is 3.57. The van der Waals surface area contributed by atoms with E-state index in [4.69, 9.17) is 11.4 Å². The van der Waals surface area contributed by atoms with Gasteiger partial charge in [0.1, 0.15) is 6.54 Å². The van der Waals surface area contributed by atoms with Crippen LogP contribution in [-0.2, 0) is 11.3 Å².